The molecular weight excluding hydrogens is 568 g/mol. The number of aryl methyl sites for hydroxylation is 2. The van der Waals surface area contributed by atoms with Gasteiger partial charge < -0.3 is 19.9 Å². The highest BCUT2D eigenvalue weighted by Crippen LogP contribution is 2.41. The zero-order valence-electron chi connectivity index (χ0n) is 26.1. The van der Waals surface area contributed by atoms with Gasteiger partial charge in [-0.2, -0.15) is 0 Å². The second-order valence-electron chi connectivity index (χ2n) is 12.4. The lowest BCUT2D eigenvalue weighted by Crippen LogP contribution is -2.51. The van der Waals surface area contributed by atoms with Gasteiger partial charge in [-0.25, -0.2) is 4.68 Å². The lowest BCUT2D eigenvalue weighted by atomic mass is 9.75. The third-order valence-electron chi connectivity index (χ3n) is 9.95. The number of nitrogens with one attached hydrogen (secondary N) is 1. The third-order valence-corrected chi connectivity index (χ3v) is 9.95. The molecule has 2 aromatic carbocycles. The first kappa shape index (κ1) is 30.4. The Kier molecular flexibility index (Phi) is 8.62. The van der Waals surface area contributed by atoms with Crippen molar-refractivity contribution in [2.75, 3.05) is 39.8 Å². The number of pyridine rings is 1. The number of nitrogens with zero attached hydrogens (tertiary/aromatic N) is 7. The Labute approximate surface area is 263 Å². The van der Waals surface area contributed by atoms with Crippen molar-refractivity contribution in [2.45, 2.75) is 50.5 Å². The van der Waals surface area contributed by atoms with Crippen LogP contribution in [0.25, 0.3) is 5.69 Å². The van der Waals surface area contributed by atoms with Crippen LogP contribution in [-0.4, -0.2) is 87.1 Å². The van der Waals surface area contributed by atoms with Crippen LogP contribution in [0.15, 0.2) is 67.3 Å². The smallest absolute Gasteiger partial charge is 0.257 e. The number of amides is 2. The Morgan fingerprint density at radius 1 is 1.02 bits per heavy atom. The van der Waals surface area contributed by atoms with Crippen molar-refractivity contribution in [3.63, 3.8) is 0 Å². The van der Waals surface area contributed by atoms with Gasteiger partial charge in [-0.15, -0.1) is 5.10 Å². The average Bonchev–Trinajstić information content (AvgIpc) is 3.78. The van der Waals surface area contributed by atoms with E-state index in [0.29, 0.717) is 30.1 Å². The maximum Gasteiger partial charge on any atom is 0.257 e. The van der Waals surface area contributed by atoms with Crippen LogP contribution in [0.4, 0.5) is 0 Å². The highest BCUT2D eigenvalue weighted by molar-refractivity contribution is 5.97. The first-order valence-electron chi connectivity index (χ1n) is 15.5. The molecule has 2 fully saturated rings. The first-order chi connectivity index (χ1) is 21.9. The van der Waals surface area contributed by atoms with E-state index in [1.165, 1.54) is 27.7 Å². The number of hydrogen-bond acceptors (Lipinski definition) is 8. The van der Waals surface area contributed by atoms with Crippen molar-refractivity contribution in [1.82, 2.24) is 40.3 Å². The highest BCUT2D eigenvalue weighted by Gasteiger charge is 2.43. The van der Waals surface area contributed by atoms with Gasteiger partial charge in [0.25, 0.3) is 5.91 Å². The molecule has 4 heterocycles. The summed E-state index contributed by atoms with van der Waals surface area (Å²) in [7, 11) is 1.58. The molecule has 11 heteroatoms. The number of carbonyl (C=O) groups is 2. The van der Waals surface area contributed by atoms with Crippen molar-refractivity contribution >= 4 is 12.3 Å². The number of piperidine rings is 1. The summed E-state index contributed by atoms with van der Waals surface area (Å²) in [5.41, 5.74) is 5.44. The van der Waals surface area contributed by atoms with E-state index in [1.807, 2.05) is 29.3 Å². The average molecular weight is 609 g/mol. The van der Waals surface area contributed by atoms with E-state index < -0.39 is 5.54 Å². The standard InChI is InChI=1S/C34H40N8O3/c1-25-6-7-27(19-26(25)2)33(10-15-40-16-12-34(13-17-40,36-24-43)28-5-4-14-35-21-28)11-18-41(22-33)32(44)30-20-29(8-9-31(30)45-3)42-23-37-38-39-42/h4-9,14,19-21,23-24H,10-13,15-18,22H2,1-3H3,(H,36,43). The molecule has 1 atom stereocenters. The lowest BCUT2D eigenvalue weighted by molar-refractivity contribution is -0.112. The number of benzene rings is 2. The van der Waals surface area contributed by atoms with Crippen LogP contribution in [0.1, 0.15) is 58.3 Å². The van der Waals surface area contributed by atoms with Gasteiger partial charge in [0.15, 0.2) is 0 Å². The van der Waals surface area contributed by atoms with Crippen LogP contribution < -0.4 is 10.1 Å². The molecule has 234 valence electrons. The van der Waals surface area contributed by atoms with Crippen molar-refractivity contribution in [2.24, 2.45) is 0 Å². The van der Waals surface area contributed by atoms with Crippen LogP contribution in [0.5, 0.6) is 5.75 Å². The largest absolute Gasteiger partial charge is 0.496 e. The molecule has 0 saturated carbocycles. The molecule has 0 bridgehead atoms. The van der Waals surface area contributed by atoms with Gasteiger partial charge in [0.1, 0.15) is 12.1 Å². The molecule has 1 N–H and O–H groups in total. The minimum Gasteiger partial charge on any atom is -0.496 e. The quantitative estimate of drug-likeness (QED) is 0.272. The Bertz CT molecular complexity index is 1640. The SMILES string of the molecule is COc1ccc(-n2cnnn2)cc1C(=O)N1CCC(CCN2CCC(NC=O)(c3cccnc3)CC2)(c2ccc(C)c(C)c2)C1. The van der Waals surface area contributed by atoms with Gasteiger partial charge in [-0.05, 0) is 103 Å². The predicted molar refractivity (Wildman–Crippen MR) is 169 cm³/mol. The molecule has 0 radical (unpaired) electrons. The number of likely N-dealkylation sites (tertiary alicyclic amines) is 2. The predicted octanol–water partition coefficient (Wildman–Crippen LogP) is 3.59. The Morgan fingerprint density at radius 3 is 2.56 bits per heavy atom. The van der Waals surface area contributed by atoms with E-state index in [-0.39, 0.29) is 11.3 Å². The fourth-order valence-electron chi connectivity index (χ4n) is 6.96. The van der Waals surface area contributed by atoms with E-state index in [2.05, 4.69) is 62.8 Å². The van der Waals surface area contributed by atoms with Gasteiger partial charge in [-0.1, -0.05) is 24.3 Å². The van der Waals surface area contributed by atoms with Crippen LogP contribution in [-0.2, 0) is 15.7 Å². The zero-order chi connectivity index (χ0) is 31.4. The number of carbonyl (C=O) groups excluding carboxylic acids is 2. The van der Waals surface area contributed by atoms with Crippen molar-refractivity contribution in [3.05, 3.63) is 95.1 Å². The molecule has 0 spiro atoms. The minimum absolute atomic E-state index is 0.0633. The first-order valence-corrected chi connectivity index (χ1v) is 15.5. The molecule has 4 aromatic rings. The molecule has 6 rings (SSSR count). The summed E-state index contributed by atoms with van der Waals surface area (Å²) in [6, 6.07) is 16.1. The molecule has 2 aliphatic heterocycles. The Balaban J connectivity index is 1.22. The summed E-state index contributed by atoms with van der Waals surface area (Å²) in [5.74, 6) is 0.460. The number of rotatable bonds is 10. The van der Waals surface area contributed by atoms with E-state index in [4.69, 9.17) is 4.74 Å². The second kappa shape index (κ2) is 12.8. The number of ether oxygens (including phenoxy) is 1. The van der Waals surface area contributed by atoms with Crippen LogP contribution in [0.2, 0.25) is 0 Å². The van der Waals surface area contributed by atoms with Gasteiger partial charge in [0.2, 0.25) is 6.41 Å². The second-order valence-corrected chi connectivity index (χ2v) is 12.4. The van der Waals surface area contributed by atoms with Crippen molar-refractivity contribution in [1.29, 1.82) is 0 Å². The molecule has 2 amide bonds. The summed E-state index contributed by atoms with van der Waals surface area (Å²) in [6.07, 6.45) is 9.36. The Hall–Kier alpha value is -4.64. The summed E-state index contributed by atoms with van der Waals surface area (Å²) in [6.45, 7) is 8.19. The van der Waals surface area contributed by atoms with E-state index in [0.717, 1.165) is 57.3 Å². The molecule has 0 aliphatic carbocycles. The fourth-order valence-corrected chi connectivity index (χ4v) is 6.96. The van der Waals surface area contributed by atoms with Crippen LogP contribution in [0, 0.1) is 13.8 Å². The topological polar surface area (TPSA) is 118 Å². The van der Waals surface area contributed by atoms with Gasteiger partial charge in [0.05, 0.1) is 23.9 Å². The summed E-state index contributed by atoms with van der Waals surface area (Å²) < 4.78 is 7.14. The van der Waals surface area contributed by atoms with Crippen LogP contribution >= 0.6 is 0 Å². The van der Waals surface area contributed by atoms with E-state index in [1.54, 1.807) is 25.4 Å². The van der Waals surface area contributed by atoms with E-state index >= 15 is 0 Å². The number of aromatic nitrogens is 5. The summed E-state index contributed by atoms with van der Waals surface area (Å²) >= 11 is 0. The lowest BCUT2D eigenvalue weighted by Gasteiger charge is -2.43. The maximum absolute atomic E-state index is 14.1. The van der Waals surface area contributed by atoms with Crippen molar-refractivity contribution < 1.29 is 14.3 Å². The van der Waals surface area contributed by atoms with Crippen molar-refractivity contribution in [3.8, 4) is 11.4 Å². The summed E-state index contributed by atoms with van der Waals surface area (Å²) in [5, 5.41) is 14.6. The van der Waals surface area contributed by atoms with Gasteiger partial charge in [0, 0.05) is 44.0 Å². The molecule has 1 unspecified atom stereocenters. The monoisotopic (exact) mass is 608 g/mol. The molecule has 2 saturated heterocycles. The number of tetrazole rings is 1. The molecular formula is C34H40N8O3. The molecule has 11 nitrogen and oxygen atoms in total. The minimum atomic E-state index is -0.398. The van der Waals surface area contributed by atoms with Gasteiger partial charge >= 0.3 is 0 Å². The highest BCUT2D eigenvalue weighted by atomic mass is 16.5. The molecule has 2 aliphatic rings. The number of hydrogen-bond donors (Lipinski definition) is 1. The summed E-state index contributed by atoms with van der Waals surface area (Å²) in [4.78, 5) is 34.5. The van der Waals surface area contributed by atoms with Crippen LogP contribution in [0.3, 0.4) is 0 Å². The molecule has 45 heavy (non-hydrogen) atoms. The normalized spacial score (nSPS) is 19.8. The number of methoxy groups -OCH3 is 1. The zero-order valence-corrected chi connectivity index (χ0v) is 26.1. The third kappa shape index (κ3) is 6.04. The van der Waals surface area contributed by atoms with E-state index in [9.17, 15) is 9.59 Å². The fraction of sp³-hybridized carbons (Fsp3) is 0.412. The molecule has 2 aromatic heterocycles. The Morgan fingerprint density at radius 2 is 1.87 bits per heavy atom. The van der Waals surface area contributed by atoms with Gasteiger partial charge in [-0.3, -0.25) is 14.6 Å². The maximum atomic E-state index is 14.1.